The lowest BCUT2D eigenvalue weighted by molar-refractivity contribution is 0.256. The predicted octanol–water partition coefficient (Wildman–Crippen LogP) is 3.36. The van der Waals surface area contributed by atoms with Crippen molar-refractivity contribution in [2.75, 3.05) is 6.54 Å². The number of halogens is 1. The molecule has 0 amide bonds. The molecule has 0 aliphatic carbocycles. The van der Waals surface area contributed by atoms with Crippen molar-refractivity contribution in [1.82, 2.24) is 15.5 Å². The van der Waals surface area contributed by atoms with E-state index in [1.54, 1.807) is 0 Å². The fourth-order valence-electron chi connectivity index (χ4n) is 1.86. The summed E-state index contributed by atoms with van der Waals surface area (Å²) < 4.78 is 11.2. The second kappa shape index (κ2) is 8.00. The summed E-state index contributed by atoms with van der Waals surface area (Å²) in [5.41, 5.74) is 0.947. The van der Waals surface area contributed by atoms with Crippen LogP contribution in [0.15, 0.2) is 22.6 Å². The molecule has 1 heterocycles. The number of ether oxygens (including phenoxy) is 1. The lowest BCUT2D eigenvalue weighted by Crippen LogP contribution is -2.15. The number of nitrogens with one attached hydrogen (secondary N) is 1. The van der Waals surface area contributed by atoms with Gasteiger partial charge in [0.1, 0.15) is 5.75 Å². The Bertz CT molecular complexity index is 572. The third-order valence-corrected chi connectivity index (χ3v) is 3.32. The highest BCUT2D eigenvalue weighted by molar-refractivity contribution is 6.31. The number of nitrogens with zero attached hydrogens (tertiary/aromatic N) is 2. The van der Waals surface area contributed by atoms with E-state index in [2.05, 4.69) is 22.4 Å². The Kier molecular flexibility index (Phi) is 6.02. The molecular weight excluding hydrogens is 290 g/mol. The summed E-state index contributed by atoms with van der Waals surface area (Å²) in [7, 11) is 0. The van der Waals surface area contributed by atoms with Crippen LogP contribution in [0.4, 0.5) is 0 Å². The summed E-state index contributed by atoms with van der Waals surface area (Å²) in [5.74, 6) is 1.83. The van der Waals surface area contributed by atoms with Crippen LogP contribution >= 0.6 is 11.6 Å². The van der Waals surface area contributed by atoms with E-state index in [0.29, 0.717) is 23.3 Å². The summed E-state index contributed by atoms with van der Waals surface area (Å²) >= 11 is 6.25. The first-order valence-electron chi connectivity index (χ1n) is 7.16. The highest BCUT2D eigenvalue weighted by Gasteiger charge is 2.10. The Morgan fingerprint density at radius 1 is 1.24 bits per heavy atom. The predicted molar refractivity (Wildman–Crippen MR) is 81.5 cm³/mol. The van der Waals surface area contributed by atoms with Crippen LogP contribution in [0.25, 0.3) is 0 Å². The molecule has 0 unspecified atom stereocenters. The van der Waals surface area contributed by atoms with Crippen LogP contribution in [0, 0.1) is 0 Å². The number of hydrogen-bond acceptors (Lipinski definition) is 5. The Hall–Kier alpha value is -1.59. The molecule has 0 spiro atoms. The summed E-state index contributed by atoms with van der Waals surface area (Å²) in [6.45, 7) is 5.94. The molecule has 21 heavy (non-hydrogen) atoms. The lowest BCUT2D eigenvalue weighted by Gasteiger charge is -2.12. The number of aromatic nitrogens is 2. The van der Waals surface area contributed by atoms with Crippen LogP contribution in [-0.4, -0.2) is 16.7 Å². The Morgan fingerprint density at radius 3 is 2.76 bits per heavy atom. The number of hydrogen-bond donors (Lipinski definition) is 1. The Labute approximate surface area is 129 Å². The van der Waals surface area contributed by atoms with Crippen LogP contribution in [0.3, 0.4) is 0 Å². The first kappa shape index (κ1) is 15.8. The van der Waals surface area contributed by atoms with Gasteiger partial charge in [0.05, 0.1) is 0 Å². The maximum Gasteiger partial charge on any atom is 0.253 e. The molecule has 0 fully saturated rings. The van der Waals surface area contributed by atoms with Gasteiger partial charge in [0, 0.05) is 23.6 Å². The van der Waals surface area contributed by atoms with Gasteiger partial charge in [-0.05, 0) is 25.1 Å². The van der Waals surface area contributed by atoms with Crippen LogP contribution < -0.4 is 10.1 Å². The SMILES string of the molecule is CCCNCc1c(Cl)cccc1OCc1nnc(CC)o1. The molecule has 2 aromatic rings. The fraction of sp³-hybridized carbons (Fsp3) is 0.467. The molecule has 0 bridgehead atoms. The van der Waals surface area contributed by atoms with Gasteiger partial charge in [-0.2, -0.15) is 0 Å². The van der Waals surface area contributed by atoms with Crippen molar-refractivity contribution in [3.63, 3.8) is 0 Å². The first-order valence-corrected chi connectivity index (χ1v) is 7.54. The molecule has 1 aromatic carbocycles. The van der Waals surface area contributed by atoms with Gasteiger partial charge in [0.15, 0.2) is 6.61 Å². The van der Waals surface area contributed by atoms with Crippen molar-refractivity contribution in [1.29, 1.82) is 0 Å². The molecule has 0 atom stereocenters. The van der Waals surface area contributed by atoms with Gasteiger partial charge < -0.3 is 14.5 Å². The summed E-state index contributed by atoms with van der Waals surface area (Å²) in [6, 6.07) is 5.62. The van der Waals surface area contributed by atoms with Crippen molar-refractivity contribution in [2.45, 2.75) is 39.8 Å². The zero-order valence-corrected chi connectivity index (χ0v) is 13.1. The van der Waals surface area contributed by atoms with Crippen LogP contribution in [0.5, 0.6) is 5.75 Å². The Morgan fingerprint density at radius 2 is 2.05 bits per heavy atom. The maximum absolute atomic E-state index is 6.25. The van der Waals surface area contributed by atoms with Crippen LogP contribution in [-0.2, 0) is 19.6 Å². The van der Waals surface area contributed by atoms with Gasteiger partial charge in [-0.25, -0.2) is 0 Å². The molecular formula is C15H20ClN3O2. The zero-order valence-electron chi connectivity index (χ0n) is 12.4. The van der Waals surface area contributed by atoms with E-state index in [4.69, 9.17) is 20.8 Å². The molecule has 2 rings (SSSR count). The van der Waals surface area contributed by atoms with Gasteiger partial charge in [0.2, 0.25) is 5.89 Å². The summed E-state index contributed by atoms with van der Waals surface area (Å²) in [4.78, 5) is 0. The minimum absolute atomic E-state index is 0.244. The minimum Gasteiger partial charge on any atom is -0.483 e. The molecule has 0 aliphatic heterocycles. The van der Waals surface area contributed by atoms with Gasteiger partial charge in [-0.1, -0.05) is 31.5 Å². The highest BCUT2D eigenvalue weighted by Crippen LogP contribution is 2.27. The molecule has 0 radical (unpaired) electrons. The van der Waals surface area contributed by atoms with E-state index in [-0.39, 0.29) is 6.61 Å². The van der Waals surface area contributed by atoms with Gasteiger partial charge in [-0.15, -0.1) is 10.2 Å². The van der Waals surface area contributed by atoms with E-state index < -0.39 is 0 Å². The third kappa shape index (κ3) is 4.44. The zero-order chi connectivity index (χ0) is 15.1. The number of benzene rings is 1. The largest absolute Gasteiger partial charge is 0.483 e. The van der Waals surface area contributed by atoms with Crippen LogP contribution in [0.1, 0.15) is 37.6 Å². The van der Waals surface area contributed by atoms with E-state index in [1.807, 2.05) is 25.1 Å². The maximum atomic E-state index is 6.25. The van der Waals surface area contributed by atoms with Crippen molar-refractivity contribution in [3.8, 4) is 5.75 Å². The second-order valence-electron chi connectivity index (χ2n) is 4.63. The van der Waals surface area contributed by atoms with E-state index >= 15 is 0 Å². The van der Waals surface area contributed by atoms with E-state index in [1.165, 1.54) is 0 Å². The van der Waals surface area contributed by atoms with Crippen molar-refractivity contribution in [3.05, 3.63) is 40.6 Å². The number of aryl methyl sites for hydroxylation is 1. The summed E-state index contributed by atoms with van der Waals surface area (Å²) in [5, 5.41) is 11.9. The molecule has 5 nitrogen and oxygen atoms in total. The molecule has 114 valence electrons. The van der Waals surface area contributed by atoms with Crippen molar-refractivity contribution < 1.29 is 9.15 Å². The lowest BCUT2D eigenvalue weighted by atomic mass is 10.2. The van der Waals surface area contributed by atoms with Crippen molar-refractivity contribution >= 4 is 11.6 Å². The topological polar surface area (TPSA) is 60.2 Å². The molecule has 0 aliphatic rings. The normalized spacial score (nSPS) is 10.8. The van der Waals surface area contributed by atoms with Gasteiger partial charge >= 0.3 is 0 Å². The first-order chi connectivity index (χ1) is 10.2. The average molecular weight is 310 g/mol. The standard InChI is InChI=1S/C15H20ClN3O2/c1-3-8-17-9-11-12(16)6-5-7-13(11)20-10-15-19-18-14(4-2)21-15/h5-7,17H,3-4,8-10H2,1-2H3. The molecule has 1 aromatic heterocycles. The minimum atomic E-state index is 0.244. The second-order valence-corrected chi connectivity index (χ2v) is 5.03. The molecule has 0 saturated heterocycles. The van der Waals surface area contributed by atoms with Gasteiger partial charge in [-0.3, -0.25) is 0 Å². The highest BCUT2D eigenvalue weighted by atomic mass is 35.5. The third-order valence-electron chi connectivity index (χ3n) is 2.97. The Balaban J connectivity index is 2.02. The molecule has 0 saturated carbocycles. The number of rotatable bonds is 8. The van der Waals surface area contributed by atoms with Crippen LogP contribution in [0.2, 0.25) is 5.02 Å². The van der Waals surface area contributed by atoms with E-state index in [0.717, 1.165) is 30.7 Å². The van der Waals surface area contributed by atoms with Crippen molar-refractivity contribution in [2.24, 2.45) is 0 Å². The van der Waals surface area contributed by atoms with E-state index in [9.17, 15) is 0 Å². The average Bonchev–Trinajstić information content (AvgIpc) is 2.95. The quantitative estimate of drug-likeness (QED) is 0.758. The monoisotopic (exact) mass is 309 g/mol. The molecule has 1 N–H and O–H groups in total. The summed E-state index contributed by atoms with van der Waals surface area (Å²) in [6.07, 6.45) is 1.79. The smallest absolute Gasteiger partial charge is 0.253 e. The fourth-order valence-corrected chi connectivity index (χ4v) is 2.10. The molecule has 6 heteroatoms. The van der Waals surface area contributed by atoms with Gasteiger partial charge in [0.25, 0.3) is 5.89 Å².